The Morgan fingerprint density at radius 3 is 2.39 bits per heavy atom. The first-order valence-electron chi connectivity index (χ1n) is 9.40. The van der Waals surface area contributed by atoms with Crippen LogP contribution in [0, 0.1) is 0 Å². The maximum Gasteiger partial charge on any atom is 0.191 e. The van der Waals surface area contributed by atoms with E-state index in [4.69, 9.17) is 0 Å². The number of nitrogens with one attached hydrogen (secondary N) is 2. The Kier molecular flexibility index (Phi) is 9.20. The lowest BCUT2D eigenvalue weighted by Gasteiger charge is -2.21. The van der Waals surface area contributed by atoms with Crippen molar-refractivity contribution >= 4 is 50.5 Å². The summed E-state index contributed by atoms with van der Waals surface area (Å²) in [6, 6.07) is 14.6. The van der Waals surface area contributed by atoms with Crippen LogP contribution in [0.25, 0.3) is 10.8 Å². The van der Waals surface area contributed by atoms with Crippen LogP contribution in [0.4, 0.5) is 0 Å². The lowest BCUT2D eigenvalue weighted by molar-refractivity contribution is 0.560. The Labute approximate surface area is 186 Å². The van der Waals surface area contributed by atoms with E-state index in [1.54, 1.807) is 20.8 Å². The van der Waals surface area contributed by atoms with Gasteiger partial charge < -0.3 is 10.6 Å². The summed E-state index contributed by atoms with van der Waals surface area (Å²) in [4.78, 5) is 4.47. The molecular weight excluding hydrogens is 485 g/mol. The molecule has 0 saturated heterocycles. The van der Waals surface area contributed by atoms with Crippen molar-refractivity contribution in [3.05, 3.63) is 48.0 Å². The van der Waals surface area contributed by atoms with Gasteiger partial charge in [0.15, 0.2) is 15.8 Å². The first kappa shape index (κ1) is 24.7. The molecule has 0 spiro atoms. The van der Waals surface area contributed by atoms with Crippen molar-refractivity contribution in [1.29, 1.82) is 0 Å². The molecule has 156 valence electrons. The molecule has 0 saturated carbocycles. The number of nitrogens with zero attached hydrogens (tertiary/aromatic N) is 1. The number of sulfone groups is 1. The van der Waals surface area contributed by atoms with Crippen molar-refractivity contribution in [2.75, 3.05) is 18.8 Å². The van der Waals surface area contributed by atoms with Crippen LogP contribution in [-0.4, -0.2) is 38.0 Å². The minimum Gasteiger partial charge on any atom is -0.357 e. The Balaban J connectivity index is 0.00000392. The Morgan fingerprint density at radius 1 is 1.11 bits per heavy atom. The van der Waals surface area contributed by atoms with Crippen molar-refractivity contribution in [3.8, 4) is 0 Å². The highest BCUT2D eigenvalue weighted by atomic mass is 127. The fraction of sp³-hybridized carbons (Fsp3) is 0.476. The van der Waals surface area contributed by atoms with E-state index in [-0.39, 0.29) is 42.3 Å². The van der Waals surface area contributed by atoms with E-state index in [0.717, 1.165) is 0 Å². The normalized spacial score (nSPS) is 13.7. The van der Waals surface area contributed by atoms with Crippen LogP contribution in [0.15, 0.2) is 47.5 Å². The summed E-state index contributed by atoms with van der Waals surface area (Å²) in [6.07, 6.45) is 0. The lowest BCUT2D eigenvalue weighted by atomic mass is 10.00. The number of fused-ring (bicyclic) bond motifs is 1. The van der Waals surface area contributed by atoms with E-state index < -0.39 is 14.6 Å². The highest BCUT2D eigenvalue weighted by Crippen LogP contribution is 2.24. The third-order valence-corrected chi connectivity index (χ3v) is 7.14. The SMILES string of the molecule is CCNC(=NCCS(=O)(=O)C(C)(C)C)NC(C)c1cccc2ccccc12.I. The van der Waals surface area contributed by atoms with E-state index >= 15 is 0 Å². The number of aliphatic imine (C=N–C) groups is 1. The van der Waals surface area contributed by atoms with Gasteiger partial charge in [-0.1, -0.05) is 42.5 Å². The van der Waals surface area contributed by atoms with E-state index in [1.165, 1.54) is 16.3 Å². The smallest absolute Gasteiger partial charge is 0.191 e. The first-order valence-corrected chi connectivity index (χ1v) is 11.1. The van der Waals surface area contributed by atoms with Gasteiger partial charge in [0.05, 0.1) is 23.1 Å². The zero-order valence-corrected chi connectivity index (χ0v) is 20.5. The molecule has 0 amide bonds. The van der Waals surface area contributed by atoms with Crippen LogP contribution in [0.1, 0.15) is 46.2 Å². The van der Waals surface area contributed by atoms with E-state index in [1.807, 2.05) is 19.1 Å². The summed E-state index contributed by atoms with van der Waals surface area (Å²) in [5, 5.41) is 8.99. The number of hydrogen-bond donors (Lipinski definition) is 2. The predicted molar refractivity (Wildman–Crippen MR) is 130 cm³/mol. The standard InChI is InChI=1S/C21H31N3O2S.HI/c1-6-22-20(23-14-15-27(25,26)21(3,4)5)24-16(2)18-13-9-11-17-10-7-8-12-19(17)18;/h7-13,16H,6,14-15H2,1-5H3,(H2,22,23,24);1H. The van der Waals surface area contributed by atoms with E-state index in [9.17, 15) is 8.42 Å². The second kappa shape index (κ2) is 10.4. The molecule has 0 bridgehead atoms. The van der Waals surface area contributed by atoms with Crippen molar-refractivity contribution in [2.24, 2.45) is 4.99 Å². The van der Waals surface area contributed by atoms with Crippen molar-refractivity contribution in [3.63, 3.8) is 0 Å². The zero-order valence-electron chi connectivity index (χ0n) is 17.3. The zero-order chi connectivity index (χ0) is 20.1. The molecule has 1 atom stereocenters. The number of halogens is 1. The average Bonchev–Trinajstić information content (AvgIpc) is 2.60. The monoisotopic (exact) mass is 517 g/mol. The number of benzene rings is 2. The maximum atomic E-state index is 12.3. The third-order valence-electron chi connectivity index (χ3n) is 4.55. The molecule has 0 aliphatic carbocycles. The molecule has 28 heavy (non-hydrogen) atoms. The minimum absolute atomic E-state index is 0. The molecule has 0 aromatic heterocycles. The molecule has 2 aromatic rings. The third kappa shape index (κ3) is 6.34. The van der Waals surface area contributed by atoms with Crippen molar-refractivity contribution < 1.29 is 8.42 Å². The van der Waals surface area contributed by atoms with Crippen molar-refractivity contribution in [2.45, 2.75) is 45.4 Å². The van der Waals surface area contributed by atoms with Crippen molar-refractivity contribution in [1.82, 2.24) is 10.6 Å². The van der Waals surface area contributed by atoms with Crippen LogP contribution in [0.2, 0.25) is 0 Å². The highest BCUT2D eigenvalue weighted by Gasteiger charge is 2.28. The Morgan fingerprint density at radius 2 is 1.75 bits per heavy atom. The molecule has 0 radical (unpaired) electrons. The summed E-state index contributed by atoms with van der Waals surface area (Å²) in [5.74, 6) is 0.664. The summed E-state index contributed by atoms with van der Waals surface area (Å²) < 4.78 is 23.8. The van der Waals surface area contributed by atoms with Gasteiger partial charge in [0.25, 0.3) is 0 Å². The Hall–Kier alpha value is -1.35. The molecule has 5 nitrogen and oxygen atoms in total. The molecule has 0 fully saturated rings. The Bertz CT molecular complexity index is 900. The molecular formula is C21H32IN3O2S. The van der Waals surface area contributed by atoms with Crippen LogP contribution >= 0.6 is 24.0 Å². The second-order valence-corrected chi connectivity index (χ2v) is 10.5. The van der Waals surface area contributed by atoms with Gasteiger partial charge in [-0.05, 0) is 51.0 Å². The number of guanidine groups is 1. The van der Waals surface area contributed by atoms with Gasteiger partial charge in [-0.25, -0.2) is 8.42 Å². The highest BCUT2D eigenvalue weighted by molar-refractivity contribution is 14.0. The largest absolute Gasteiger partial charge is 0.357 e. The maximum absolute atomic E-state index is 12.3. The summed E-state index contributed by atoms with van der Waals surface area (Å²) in [7, 11) is -3.18. The summed E-state index contributed by atoms with van der Waals surface area (Å²) >= 11 is 0. The molecule has 2 N–H and O–H groups in total. The van der Waals surface area contributed by atoms with Gasteiger partial charge >= 0.3 is 0 Å². The van der Waals surface area contributed by atoms with Gasteiger partial charge in [-0.2, -0.15) is 0 Å². The van der Waals surface area contributed by atoms with Crippen LogP contribution in [0.3, 0.4) is 0 Å². The number of hydrogen-bond acceptors (Lipinski definition) is 3. The molecule has 1 unspecified atom stereocenters. The molecule has 0 aliphatic heterocycles. The van der Waals surface area contributed by atoms with Crippen LogP contribution < -0.4 is 10.6 Å². The van der Waals surface area contributed by atoms with Gasteiger partial charge in [0.1, 0.15) is 0 Å². The topological polar surface area (TPSA) is 70.6 Å². The van der Waals surface area contributed by atoms with Gasteiger partial charge in [-0.3, -0.25) is 4.99 Å². The average molecular weight is 517 g/mol. The van der Waals surface area contributed by atoms with Gasteiger partial charge in [0, 0.05) is 6.54 Å². The minimum atomic E-state index is -3.18. The lowest BCUT2D eigenvalue weighted by Crippen LogP contribution is -2.39. The summed E-state index contributed by atoms with van der Waals surface area (Å²) in [6.45, 7) is 10.2. The molecule has 7 heteroatoms. The molecule has 0 aliphatic rings. The second-order valence-electron chi connectivity index (χ2n) is 7.63. The summed E-state index contributed by atoms with van der Waals surface area (Å²) in [5.41, 5.74) is 1.18. The fourth-order valence-electron chi connectivity index (χ4n) is 2.81. The van der Waals surface area contributed by atoms with E-state index in [0.29, 0.717) is 12.5 Å². The molecule has 2 rings (SSSR count). The molecule has 0 heterocycles. The van der Waals surface area contributed by atoms with Gasteiger partial charge in [0.2, 0.25) is 0 Å². The first-order chi connectivity index (χ1) is 12.7. The predicted octanol–water partition coefficient (Wildman–Crippen LogP) is 4.29. The molecule has 2 aromatic carbocycles. The van der Waals surface area contributed by atoms with Gasteiger partial charge in [-0.15, -0.1) is 24.0 Å². The quantitative estimate of drug-likeness (QED) is 0.341. The van der Waals surface area contributed by atoms with Crippen LogP contribution in [-0.2, 0) is 9.84 Å². The van der Waals surface area contributed by atoms with Crippen LogP contribution in [0.5, 0.6) is 0 Å². The fourth-order valence-corrected chi connectivity index (χ4v) is 3.76. The number of rotatable bonds is 6. The van der Waals surface area contributed by atoms with E-state index in [2.05, 4.69) is 52.9 Å².